The molecule has 2 aliphatic rings. The minimum atomic E-state index is -3.00. The number of aryl methyl sites for hydroxylation is 1. The van der Waals surface area contributed by atoms with Crippen molar-refractivity contribution in [1.82, 2.24) is 9.91 Å². The Morgan fingerprint density at radius 1 is 1.28 bits per heavy atom. The van der Waals surface area contributed by atoms with E-state index in [1.165, 1.54) is 5.01 Å². The number of hydrazone groups is 1. The third-order valence-corrected chi connectivity index (χ3v) is 7.39. The molecule has 1 fully saturated rings. The summed E-state index contributed by atoms with van der Waals surface area (Å²) in [7, 11) is -1.20. The number of carbonyl (C=O) groups excluding carboxylic acids is 1. The number of amides is 1. The lowest BCUT2D eigenvalue weighted by molar-refractivity contribution is -0.134. The van der Waals surface area contributed by atoms with Crippen LogP contribution in [-0.2, 0) is 14.6 Å². The van der Waals surface area contributed by atoms with Crippen molar-refractivity contribution in [2.24, 2.45) is 5.10 Å². The Labute approximate surface area is 170 Å². The zero-order valence-electron chi connectivity index (χ0n) is 16.6. The number of furan rings is 1. The predicted molar refractivity (Wildman–Crippen MR) is 110 cm³/mol. The zero-order valence-corrected chi connectivity index (χ0v) is 17.4. The number of rotatable bonds is 5. The van der Waals surface area contributed by atoms with Crippen LogP contribution in [0.4, 0.5) is 0 Å². The third kappa shape index (κ3) is 4.28. The maximum Gasteiger partial charge on any atom is 0.257 e. The highest BCUT2D eigenvalue weighted by Crippen LogP contribution is 2.33. The van der Waals surface area contributed by atoms with Crippen molar-refractivity contribution >= 4 is 21.5 Å². The predicted octanol–water partition coefficient (Wildman–Crippen LogP) is 2.38. The molecule has 154 valence electrons. The quantitative estimate of drug-likeness (QED) is 0.749. The van der Waals surface area contributed by atoms with Gasteiger partial charge in [0.15, 0.2) is 9.84 Å². The fraction of sp³-hybridized carbons (Fsp3) is 0.429. The van der Waals surface area contributed by atoms with E-state index in [-0.39, 0.29) is 36.0 Å². The number of likely N-dealkylation sites (N-methyl/N-ethyl adjacent to an activating group) is 1. The maximum atomic E-state index is 13.1. The van der Waals surface area contributed by atoms with Gasteiger partial charge in [-0.3, -0.25) is 9.69 Å². The van der Waals surface area contributed by atoms with Crippen LogP contribution in [0.1, 0.15) is 35.8 Å². The Hall–Kier alpha value is -2.45. The van der Waals surface area contributed by atoms with E-state index in [1.807, 2.05) is 42.2 Å². The summed E-state index contributed by atoms with van der Waals surface area (Å²) in [4.78, 5) is 14.9. The maximum absolute atomic E-state index is 13.1. The Morgan fingerprint density at radius 2 is 2.03 bits per heavy atom. The number of hydrogen-bond acceptors (Lipinski definition) is 6. The van der Waals surface area contributed by atoms with E-state index in [4.69, 9.17) is 4.42 Å². The van der Waals surface area contributed by atoms with Crippen LogP contribution in [0.15, 0.2) is 52.2 Å². The van der Waals surface area contributed by atoms with Gasteiger partial charge >= 0.3 is 0 Å². The Bertz CT molecular complexity index is 1010. The van der Waals surface area contributed by atoms with Crippen LogP contribution in [0.2, 0.25) is 0 Å². The standard InChI is InChI=1S/C21H25N3O4S/c1-15-5-7-16(8-6-15)18-12-19(20-4-3-10-28-20)24(22-18)21(25)13-23(2)17-9-11-29(26,27)14-17/h3-8,10,17,19H,9,11-14H2,1-2H3/t17-,19-/m0/s1. The summed E-state index contributed by atoms with van der Waals surface area (Å²) in [5.74, 6) is 0.816. The molecule has 0 aliphatic carbocycles. The summed E-state index contributed by atoms with van der Waals surface area (Å²) in [6.07, 6.45) is 2.73. The molecule has 0 unspecified atom stereocenters. The van der Waals surface area contributed by atoms with E-state index in [0.29, 0.717) is 18.6 Å². The first kappa shape index (κ1) is 19.8. The van der Waals surface area contributed by atoms with Crippen LogP contribution >= 0.6 is 0 Å². The molecule has 0 radical (unpaired) electrons. The first-order valence-corrected chi connectivity index (χ1v) is 11.6. The second-order valence-electron chi connectivity index (χ2n) is 7.86. The number of nitrogens with zero attached hydrogens (tertiary/aromatic N) is 3. The lowest BCUT2D eigenvalue weighted by Crippen LogP contribution is -2.41. The topological polar surface area (TPSA) is 83.2 Å². The van der Waals surface area contributed by atoms with E-state index in [0.717, 1.165) is 16.8 Å². The third-order valence-electron chi connectivity index (χ3n) is 5.64. The number of hydrogen-bond donors (Lipinski definition) is 0. The molecule has 0 saturated carbocycles. The van der Waals surface area contributed by atoms with E-state index in [1.54, 1.807) is 19.4 Å². The second-order valence-corrected chi connectivity index (χ2v) is 10.1. The lowest BCUT2D eigenvalue weighted by atomic mass is 10.0. The van der Waals surface area contributed by atoms with E-state index < -0.39 is 9.84 Å². The van der Waals surface area contributed by atoms with Gasteiger partial charge in [-0.15, -0.1) is 0 Å². The number of carbonyl (C=O) groups is 1. The molecule has 1 saturated heterocycles. The molecular formula is C21H25N3O4S. The van der Waals surface area contributed by atoms with Crippen LogP contribution in [0, 0.1) is 6.92 Å². The highest BCUT2D eigenvalue weighted by molar-refractivity contribution is 7.91. The molecule has 3 heterocycles. The molecular weight excluding hydrogens is 390 g/mol. The van der Waals surface area contributed by atoms with Crippen molar-refractivity contribution in [3.8, 4) is 0 Å². The Morgan fingerprint density at radius 3 is 2.66 bits per heavy atom. The largest absolute Gasteiger partial charge is 0.467 e. The van der Waals surface area contributed by atoms with Crippen LogP contribution in [0.3, 0.4) is 0 Å². The van der Waals surface area contributed by atoms with E-state index in [2.05, 4.69) is 5.10 Å². The molecule has 8 heteroatoms. The fourth-order valence-electron chi connectivity index (χ4n) is 3.90. The molecule has 1 aromatic carbocycles. The van der Waals surface area contributed by atoms with Gasteiger partial charge in [-0.05, 0) is 38.1 Å². The second kappa shape index (κ2) is 7.76. The summed E-state index contributed by atoms with van der Waals surface area (Å²) in [5.41, 5.74) is 2.99. The van der Waals surface area contributed by atoms with Crippen LogP contribution in [-0.4, -0.2) is 61.1 Å². The SMILES string of the molecule is Cc1ccc(C2=NN(C(=O)CN(C)[C@H]3CCS(=O)(=O)C3)[C@H](c3ccco3)C2)cc1. The van der Waals surface area contributed by atoms with Gasteiger partial charge in [-0.1, -0.05) is 29.8 Å². The summed E-state index contributed by atoms with van der Waals surface area (Å²) in [6.45, 7) is 2.14. The first-order chi connectivity index (χ1) is 13.8. The normalized spacial score (nSPS) is 23.6. The van der Waals surface area contributed by atoms with Gasteiger partial charge < -0.3 is 4.42 Å². The molecule has 29 heavy (non-hydrogen) atoms. The average Bonchev–Trinajstić information content (AvgIpc) is 3.40. The van der Waals surface area contributed by atoms with Gasteiger partial charge in [-0.25, -0.2) is 13.4 Å². The van der Waals surface area contributed by atoms with Gasteiger partial charge in [0, 0.05) is 12.5 Å². The average molecular weight is 416 g/mol. The molecule has 1 amide bonds. The minimum Gasteiger partial charge on any atom is -0.467 e. The number of benzene rings is 1. The van der Waals surface area contributed by atoms with Crippen molar-refractivity contribution in [3.05, 3.63) is 59.5 Å². The highest BCUT2D eigenvalue weighted by Gasteiger charge is 2.37. The first-order valence-electron chi connectivity index (χ1n) is 9.73. The summed E-state index contributed by atoms with van der Waals surface area (Å²) in [5, 5.41) is 6.12. The highest BCUT2D eigenvalue weighted by atomic mass is 32.2. The number of sulfone groups is 1. The Kier molecular flexibility index (Phi) is 5.31. The molecule has 0 bridgehead atoms. The van der Waals surface area contributed by atoms with Crippen LogP contribution < -0.4 is 0 Å². The van der Waals surface area contributed by atoms with E-state index >= 15 is 0 Å². The molecule has 0 spiro atoms. The molecule has 2 aromatic rings. The monoisotopic (exact) mass is 415 g/mol. The lowest BCUT2D eigenvalue weighted by Gasteiger charge is -2.26. The molecule has 1 aromatic heterocycles. The smallest absolute Gasteiger partial charge is 0.257 e. The summed E-state index contributed by atoms with van der Waals surface area (Å²) < 4.78 is 29.1. The zero-order chi connectivity index (χ0) is 20.6. The molecule has 0 N–H and O–H groups in total. The van der Waals surface area contributed by atoms with Crippen molar-refractivity contribution in [2.45, 2.75) is 31.8 Å². The molecule has 7 nitrogen and oxygen atoms in total. The Balaban J connectivity index is 1.54. The molecule has 4 rings (SSSR count). The van der Waals surface area contributed by atoms with Gasteiger partial charge in [0.05, 0.1) is 30.0 Å². The van der Waals surface area contributed by atoms with Crippen LogP contribution in [0.25, 0.3) is 0 Å². The summed E-state index contributed by atoms with van der Waals surface area (Å²) in [6, 6.07) is 11.3. The van der Waals surface area contributed by atoms with Gasteiger partial charge in [-0.2, -0.15) is 5.10 Å². The summed E-state index contributed by atoms with van der Waals surface area (Å²) >= 11 is 0. The van der Waals surface area contributed by atoms with Crippen molar-refractivity contribution < 1.29 is 17.6 Å². The van der Waals surface area contributed by atoms with E-state index in [9.17, 15) is 13.2 Å². The fourth-order valence-corrected chi connectivity index (χ4v) is 5.71. The molecule has 2 aliphatic heterocycles. The van der Waals surface area contributed by atoms with Gasteiger partial charge in [0.25, 0.3) is 5.91 Å². The molecule has 2 atom stereocenters. The van der Waals surface area contributed by atoms with Crippen molar-refractivity contribution in [1.29, 1.82) is 0 Å². The van der Waals surface area contributed by atoms with Crippen molar-refractivity contribution in [2.75, 3.05) is 25.1 Å². The van der Waals surface area contributed by atoms with Gasteiger partial charge in [0.2, 0.25) is 0 Å². The van der Waals surface area contributed by atoms with Gasteiger partial charge in [0.1, 0.15) is 11.8 Å². The minimum absolute atomic E-state index is 0.107. The van der Waals surface area contributed by atoms with Crippen LogP contribution in [0.5, 0.6) is 0 Å². The van der Waals surface area contributed by atoms with Crippen molar-refractivity contribution in [3.63, 3.8) is 0 Å².